The molecule has 1 atom stereocenters. The molecule has 0 heterocycles. The molecule has 0 radical (unpaired) electrons. The Balaban J connectivity index is 2.59. The standard InChI is InChI=1S/C9H13NO/c1-7(2)8-3-5-9(10-11)6-4-8/h3-5,7,9H,6H2,1-2H3. The molecule has 1 aliphatic carbocycles. The Hall–Kier alpha value is -0.920. The molecule has 0 saturated heterocycles. The third-order valence-electron chi connectivity index (χ3n) is 1.91. The maximum atomic E-state index is 10.1. The fourth-order valence-electron chi connectivity index (χ4n) is 1.13. The van der Waals surface area contributed by atoms with E-state index in [0.717, 1.165) is 6.42 Å². The van der Waals surface area contributed by atoms with E-state index in [1.165, 1.54) is 5.57 Å². The molecule has 60 valence electrons. The third kappa shape index (κ3) is 2.00. The van der Waals surface area contributed by atoms with Crippen molar-refractivity contribution < 1.29 is 0 Å². The van der Waals surface area contributed by atoms with Gasteiger partial charge in [0.15, 0.2) is 0 Å². The molecular formula is C9H13NO. The van der Waals surface area contributed by atoms with Crippen LogP contribution in [0.3, 0.4) is 0 Å². The quantitative estimate of drug-likeness (QED) is 0.558. The summed E-state index contributed by atoms with van der Waals surface area (Å²) >= 11 is 0. The molecule has 0 N–H and O–H groups in total. The fourth-order valence-corrected chi connectivity index (χ4v) is 1.13. The average molecular weight is 151 g/mol. The largest absolute Gasteiger partial charge is 0.150 e. The van der Waals surface area contributed by atoms with Crippen LogP contribution < -0.4 is 0 Å². The van der Waals surface area contributed by atoms with Gasteiger partial charge in [0.25, 0.3) is 0 Å². The van der Waals surface area contributed by atoms with Crippen molar-refractivity contribution in [3.05, 3.63) is 28.7 Å². The van der Waals surface area contributed by atoms with E-state index in [1.807, 2.05) is 12.2 Å². The van der Waals surface area contributed by atoms with Crippen LogP contribution in [0.25, 0.3) is 0 Å². The number of hydrogen-bond acceptors (Lipinski definition) is 2. The first-order valence-electron chi connectivity index (χ1n) is 3.94. The zero-order valence-electron chi connectivity index (χ0n) is 6.95. The van der Waals surface area contributed by atoms with Crippen molar-refractivity contribution in [2.24, 2.45) is 11.1 Å². The van der Waals surface area contributed by atoms with E-state index < -0.39 is 0 Å². The number of rotatable bonds is 2. The van der Waals surface area contributed by atoms with Crippen molar-refractivity contribution in [3.8, 4) is 0 Å². The lowest BCUT2D eigenvalue weighted by atomic mass is 9.95. The molecule has 0 amide bonds. The monoisotopic (exact) mass is 151 g/mol. The molecule has 2 nitrogen and oxygen atoms in total. The summed E-state index contributed by atoms with van der Waals surface area (Å²) in [6.45, 7) is 4.29. The van der Waals surface area contributed by atoms with Crippen LogP contribution >= 0.6 is 0 Å². The predicted octanol–water partition coefficient (Wildman–Crippen LogP) is 2.66. The number of hydrogen-bond donors (Lipinski definition) is 0. The first-order valence-corrected chi connectivity index (χ1v) is 3.94. The second-order valence-electron chi connectivity index (χ2n) is 3.13. The van der Waals surface area contributed by atoms with Gasteiger partial charge >= 0.3 is 0 Å². The highest BCUT2D eigenvalue weighted by Gasteiger charge is 2.09. The van der Waals surface area contributed by atoms with Gasteiger partial charge in [0, 0.05) is 0 Å². The van der Waals surface area contributed by atoms with Crippen molar-refractivity contribution >= 4 is 0 Å². The molecule has 2 heteroatoms. The van der Waals surface area contributed by atoms with Crippen LogP contribution in [0.2, 0.25) is 0 Å². The van der Waals surface area contributed by atoms with Gasteiger partial charge in [0.05, 0.1) is 0 Å². The van der Waals surface area contributed by atoms with E-state index in [0.29, 0.717) is 5.92 Å². The van der Waals surface area contributed by atoms with Gasteiger partial charge in [-0.1, -0.05) is 37.3 Å². The summed E-state index contributed by atoms with van der Waals surface area (Å²) in [5.74, 6) is 0.554. The number of allylic oxidation sites excluding steroid dienone is 2. The Labute approximate surface area is 67.0 Å². The minimum Gasteiger partial charge on any atom is -0.150 e. The highest BCUT2D eigenvalue weighted by molar-refractivity contribution is 5.26. The summed E-state index contributed by atoms with van der Waals surface area (Å²) < 4.78 is 0. The maximum Gasteiger partial charge on any atom is 0.114 e. The maximum absolute atomic E-state index is 10.1. The lowest BCUT2D eigenvalue weighted by molar-refractivity contribution is 0.743. The molecule has 0 aliphatic heterocycles. The van der Waals surface area contributed by atoms with Crippen LogP contribution in [-0.2, 0) is 0 Å². The van der Waals surface area contributed by atoms with E-state index in [2.05, 4.69) is 25.1 Å². The normalized spacial score (nSPS) is 23.5. The van der Waals surface area contributed by atoms with E-state index >= 15 is 0 Å². The van der Waals surface area contributed by atoms with Crippen molar-refractivity contribution in [2.75, 3.05) is 0 Å². The molecule has 1 aliphatic rings. The molecule has 0 aromatic heterocycles. The summed E-state index contributed by atoms with van der Waals surface area (Å²) in [7, 11) is 0. The Morgan fingerprint density at radius 2 is 2.36 bits per heavy atom. The van der Waals surface area contributed by atoms with Gasteiger partial charge < -0.3 is 0 Å². The smallest absolute Gasteiger partial charge is 0.114 e. The van der Waals surface area contributed by atoms with E-state index in [9.17, 15) is 4.91 Å². The number of nitroso groups, excluding NO2 is 1. The van der Waals surface area contributed by atoms with Gasteiger partial charge in [0.2, 0.25) is 0 Å². The Kier molecular flexibility index (Phi) is 2.58. The van der Waals surface area contributed by atoms with Crippen LogP contribution in [0.4, 0.5) is 0 Å². The van der Waals surface area contributed by atoms with Crippen molar-refractivity contribution in [1.29, 1.82) is 0 Å². The second-order valence-corrected chi connectivity index (χ2v) is 3.13. The molecule has 0 spiro atoms. The fraction of sp³-hybridized carbons (Fsp3) is 0.556. The van der Waals surface area contributed by atoms with E-state index in [-0.39, 0.29) is 6.04 Å². The van der Waals surface area contributed by atoms with Gasteiger partial charge in [-0.2, -0.15) is 4.91 Å². The first-order chi connectivity index (χ1) is 5.24. The summed E-state index contributed by atoms with van der Waals surface area (Å²) in [4.78, 5) is 10.1. The van der Waals surface area contributed by atoms with E-state index in [1.54, 1.807) is 0 Å². The summed E-state index contributed by atoms with van der Waals surface area (Å²) in [6, 6.07) is -0.127. The number of nitrogens with zero attached hydrogens (tertiary/aromatic N) is 1. The molecule has 11 heavy (non-hydrogen) atoms. The average Bonchev–Trinajstić information content (AvgIpc) is 2.05. The van der Waals surface area contributed by atoms with Gasteiger partial charge in [-0.15, -0.1) is 0 Å². The van der Waals surface area contributed by atoms with E-state index in [4.69, 9.17) is 0 Å². The molecule has 0 aromatic carbocycles. The van der Waals surface area contributed by atoms with Crippen LogP contribution in [0.15, 0.2) is 29.0 Å². The van der Waals surface area contributed by atoms with Gasteiger partial charge in [-0.3, -0.25) is 0 Å². The lowest BCUT2D eigenvalue weighted by Gasteiger charge is -2.12. The van der Waals surface area contributed by atoms with Crippen LogP contribution in [-0.4, -0.2) is 6.04 Å². The highest BCUT2D eigenvalue weighted by Crippen LogP contribution is 2.18. The zero-order valence-corrected chi connectivity index (χ0v) is 6.95. The SMILES string of the molecule is CC(C)C1=CCC(N=O)C=C1. The van der Waals surface area contributed by atoms with Crippen LogP contribution in [0, 0.1) is 10.8 Å². The van der Waals surface area contributed by atoms with Crippen molar-refractivity contribution in [2.45, 2.75) is 26.3 Å². The zero-order chi connectivity index (χ0) is 8.27. The van der Waals surface area contributed by atoms with Crippen molar-refractivity contribution in [1.82, 2.24) is 0 Å². The summed E-state index contributed by atoms with van der Waals surface area (Å²) in [6.07, 6.45) is 6.74. The summed E-state index contributed by atoms with van der Waals surface area (Å²) in [5, 5.41) is 2.96. The third-order valence-corrected chi connectivity index (χ3v) is 1.91. The van der Waals surface area contributed by atoms with Gasteiger partial charge in [0.1, 0.15) is 6.04 Å². The Morgan fingerprint density at radius 1 is 1.64 bits per heavy atom. The minimum absolute atomic E-state index is 0.127. The minimum atomic E-state index is -0.127. The molecular weight excluding hydrogens is 138 g/mol. The molecule has 1 unspecified atom stereocenters. The highest BCUT2D eigenvalue weighted by atomic mass is 16.3. The Bertz CT molecular complexity index is 204. The Morgan fingerprint density at radius 3 is 2.73 bits per heavy atom. The van der Waals surface area contributed by atoms with Gasteiger partial charge in [-0.25, -0.2) is 0 Å². The molecule has 1 rings (SSSR count). The molecule has 0 fully saturated rings. The predicted molar refractivity (Wildman–Crippen MR) is 46.3 cm³/mol. The lowest BCUT2D eigenvalue weighted by Crippen LogP contribution is -2.04. The van der Waals surface area contributed by atoms with Crippen LogP contribution in [0.1, 0.15) is 20.3 Å². The molecule has 0 bridgehead atoms. The molecule has 0 saturated carbocycles. The second kappa shape index (κ2) is 3.46. The molecule has 0 aromatic rings. The first kappa shape index (κ1) is 8.18. The van der Waals surface area contributed by atoms with Gasteiger partial charge in [-0.05, 0) is 17.9 Å². The van der Waals surface area contributed by atoms with Crippen LogP contribution in [0.5, 0.6) is 0 Å². The summed E-state index contributed by atoms with van der Waals surface area (Å²) in [5.41, 5.74) is 1.31. The van der Waals surface area contributed by atoms with Crippen molar-refractivity contribution in [3.63, 3.8) is 0 Å². The topological polar surface area (TPSA) is 29.4 Å².